The van der Waals surface area contributed by atoms with E-state index in [1.807, 2.05) is 54.6 Å². The van der Waals surface area contributed by atoms with Crippen LogP contribution < -0.4 is 25.0 Å². The lowest BCUT2D eigenvalue weighted by Gasteiger charge is -2.08. The average molecular weight is 438 g/mol. The number of hydrogen-bond donors (Lipinski definition) is 2. The van der Waals surface area contributed by atoms with Crippen LogP contribution in [0.1, 0.15) is 11.1 Å². The molecule has 3 aromatic carbocycles. The van der Waals surface area contributed by atoms with Gasteiger partial charge in [0.15, 0.2) is 11.5 Å². The Bertz CT molecular complexity index is 1090. The average Bonchev–Trinajstić information content (AvgIpc) is 3.26. The molecule has 8 heteroatoms. The van der Waals surface area contributed by atoms with Crippen molar-refractivity contribution in [1.82, 2.24) is 5.43 Å². The Kier molecular flexibility index (Phi) is 6.54. The quantitative estimate of drug-likeness (QED) is 0.407. The van der Waals surface area contributed by atoms with Gasteiger partial charge in [-0.25, -0.2) is 5.43 Å². The van der Waals surface area contributed by atoms with Crippen LogP contribution in [-0.2, 0) is 11.4 Å². The molecule has 0 spiro atoms. The minimum absolute atomic E-state index is 0.0752. The Labute approximate surface area is 184 Å². The van der Waals surface area contributed by atoms with E-state index >= 15 is 0 Å². The van der Waals surface area contributed by atoms with Crippen molar-refractivity contribution in [1.29, 1.82) is 0 Å². The molecule has 7 nitrogen and oxygen atoms in total. The van der Waals surface area contributed by atoms with Gasteiger partial charge in [-0.2, -0.15) is 5.10 Å². The summed E-state index contributed by atoms with van der Waals surface area (Å²) >= 11 is 6.13. The normalized spacial score (nSPS) is 12.0. The molecule has 0 aromatic heterocycles. The van der Waals surface area contributed by atoms with E-state index in [9.17, 15) is 4.79 Å². The standard InChI is InChI=1S/C23H20ClN3O4/c24-20-4-2-1-3-17(20)14-29-19-8-5-16(6-9-19)12-26-27-23(28)13-25-18-7-10-21-22(11-18)31-15-30-21/h1-12,25H,13-15H2,(H,27,28)/b26-12-. The van der Waals surface area contributed by atoms with Crippen LogP contribution in [0.25, 0.3) is 0 Å². The van der Waals surface area contributed by atoms with Crippen LogP contribution in [0.3, 0.4) is 0 Å². The summed E-state index contributed by atoms with van der Waals surface area (Å²) in [5, 5.41) is 7.67. The van der Waals surface area contributed by atoms with Gasteiger partial charge in [0.25, 0.3) is 5.91 Å². The van der Waals surface area contributed by atoms with E-state index in [2.05, 4.69) is 15.8 Å². The second-order valence-corrected chi connectivity index (χ2v) is 7.07. The van der Waals surface area contributed by atoms with Crippen molar-refractivity contribution in [3.05, 3.63) is 82.9 Å². The zero-order chi connectivity index (χ0) is 21.5. The van der Waals surface area contributed by atoms with Crippen LogP contribution >= 0.6 is 11.6 Å². The molecule has 0 bridgehead atoms. The minimum Gasteiger partial charge on any atom is -0.489 e. The fourth-order valence-electron chi connectivity index (χ4n) is 2.83. The van der Waals surface area contributed by atoms with Gasteiger partial charge in [0.1, 0.15) is 12.4 Å². The molecule has 158 valence electrons. The zero-order valence-electron chi connectivity index (χ0n) is 16.5. The molecule has 0 aliphatic carbocycles. The molecule has 1 amide bonds. The van der Waals surface area contributed by atoms with Crippen LogP contribution in [-0.4, -0.2) is 25.5 Å². The maximum Gasteiger partial charge on any atom is 0.259 e. The first-order valence-electron chi connectivity index (χ1n) is 9.59. The molecule has 31 heavy (non-hydrogen) atoms. The number of amides is 1. The first-order valence-corrected chi connectivity index (χ1v) is 9.97. The molecule has 1 heterocycles. The number of benzene rings is 3. The van der Waals surface area contributed by atoms with Crippen LogP contribution in [0.4, 0.5) is 5.69 Å². The fraction of sp³-hybridized carbons (Fsp3) is 0.130. The predicted octanol–water partition coefficient (Wildman–Crippen LogP) is 4.21. The summed E-state index contributed by atoms with van der Waals surface area (Å²) in [7, 11) is 0. The SMILES string of the molecule is O=C(CNc1ccc2c(c1)OCO2)N/N=C\c1ccc(OCc2ccccc2Cl)cc1. The monoisotopic (exact) mass is 437 g/mol. The third-order valence-corrected chi connectivity index (χ3v) is 4.83. The smallest absolute Gasteiger partial charge is 0.259 e. The molecule has 0 saturated heterocycles. The summed E-state index contributed by atoms with van der Waals surface area (Å²) in [6.45, 7) is 0.674. The molecule has 0 atom stereocenters. The molecule has 3 aromatic rings. The Morgan fingerprint density at radius 1 is 1.06 bits per heavy atom. The van der Waals surface area contributed by atoms with Crippen molar-refractivity contribution in [2.24, 2.45) is 5.10 Å². The number of anilines is 1. The molecule has 4 rings (SSSR count). The number of nitrogens with one attached hydrogen (secondary N) is 2. The summed E-state index contributed by atoms with van der Waals surface area (Å²) < 4.78 is 16.3. The van der Waals surface area contributed by atoms with E-state index in [-0.39, 0.29) is 19.2 Å². The molecule has 0 fully saturated rings. The van der Waals surface area contributed by atoms with Gasteiger partial charge in [0, 0.05) is 22.3 Å². The number of hydrazone groups is 1. The summed E-state index contributed by atoms with van der Waals surface area (Å²) in [5.41, 5.74) is 5.00. The minimum atomic E-state index is -0.270. The van der Waals surface area contributed by atoms with Crippen molar-refractivity contribution in [2.75, 3.05) is 18.7 Å². The van der Waals surface area contributed by atoms with Crippen molar-refractivity contribution in [3.63, 3.8) is 0 Å². The second-order valence-electron chi connectivity index (χ2n) is 6.66. The van der Waals surface area contributed by atoms with Crippen LogP contribution in [0.2, 0.25) is 5.02 Å². The van der Waals surface area contributed by atoms with Crippen LogP contribution in [0.5, 0.6) is 17.2 Å². The van der Waals surface area contributed by atoms with Gasteiger partial charge in [0.05, 0.1) is 12.8 Å². The summed E-state index contributed by atoms with van der Waals surface area (Å²) in [5.74, 6) is 1.80. The maximum absolute atomic E-state index is 12.0. The number of hydrogen-bond acceptors (Lipinski definition) is 6. The van der Waals surface area contributed by atoms with Gasteiger partial charge in [-0.1, -0.05) is 29.8 Å². The molecular weight excluding hydrogens is 418 g/mol. The van der Waals surface area contributed by atoms with Crippen LogP contribution in [0.15, 0.2) is 71.8 Å². The van der Waals surface area contributed by atoms with Crippen molar-refractivity contribution < 1.29 is 19.0 Å². The first kappa shape index (κ1) is 20.6. The zero-order valence-corrected chi connectivity index (χ0v) is 17.3. The van der Waals surface area contributed by atoms with Crippen LogP contribution in [0, 0.1) is 0 Å². The number of nitrogens with zero attached hydrogens (tertiary/aromatic N) is 1. The van der Waals surface area contributed by atoms with E-state index in [0.717, 1.165) is 16.8 Å². The van der Waals surface area contributed by atoms with E-state index in [1.54, 1.807) is 18.3 Å². The molecule has 2 N–H and O–H groups in total. The van der Waals surface area contributed by atoms with Gasteiger partial charge in [-0.05, 0) is 48.0 Å². The molecule has 0 saturated carbocycles. The Morgan fingerprint density at radius 3 is 2.71 bits per heavy atom. The van der Waals surface area contributed by atoms with Gasteiger partial charge < -0.3 is 19.5 Å². The molecule has 1 aliphatic rings. The molecular formula is C23H20ClN3O4. The highest BCUT2D eigenvalue weighted by Crippen LogP contribution is 2.34. The summed E-state index contributed by atoms with van der Waals surface area (Å²) in [6, 6.07) is 20.3. The van der Waals surface area contributed by atoms with Gasteiger partial charge in [0.2, 0.25) is 6.79 Å². The largest absolute Gasteiger partial charge is 0.489 e. The highest BCUT2D eigenvalue weighted by Gasteiger charge is 2.13. The number of fused-ring (bicyclic) bond motifs is 1. The summed E-state index contributed by atoms with van der Waals surface area (Å²) in [4.78, 5) is 12.0. The topological polar surface area (TPSA) is 81.2 Å². The lowest BCUT2D eigenvalue weighted by molar-refractivity contribution is -0.119. The number of ether oxygens (including phenoxy) is 3. The third kappa shape index (κ3) is 5.67. The number of rotatable bonds is 8. The van der Waals surface area contributed by atoms with E-state index < -0.39 is 0 Å². The summed E-state index contributed by atoms with van der Waals surface area (Å²) in [6.07, 6.45) is 1.57. The Balaban J connectivity index is 1.21. The number of halogens is 1. The van der Waals surface area contributed by atoms with E-state index in [4.69, 9.17) is 25.8 Å². The Morgan fingerprint density at radius 2 is 1.87 bits per heavy atom. The highest BCUT2D eigenvalue weighted by atomic mass is 35.5. The second kappa shape index (κ2) is 9.86. The van der Waals surface area contributed by atoms with E-state index in [1.165, 1.54) is 0 Å². The predicted molar refractivity (Wildman–Crippen MR) is 119 cm³/mol. The Hall–Kier alpha value is -3.71. The van der Waals surface area contributed by atoms with E-state index in [0.29, 0.717) is 28.9 Å². The third-order valence-electron chi connectivity index (χ3n) is 4.46. The molecule has 0 unspecified atom stereocenters. The lowest BCUT2D eigenvalue weighted by Crippen LogP contribution is -2.25. The van der Waals surface area contributed by atoms with Gasteiger partial charge >= 0.3 is 0 Å². The van der Waals surface area contributed by atoms with Crippen molar-refractivity contribution in [2.45, 2.75) is 6.61 Å². The lowest BCUT2D eigenvalue weighted by atomic mass is 10.2. The van der Waals surface area contributed by atoms with Gasteiger partial charge in [-0.3, -0.25) is 4.79 Å². The molecule has 0 radical (unpaired) electrons. The fourth-order valence-corrected chi connectivity index (χ4v) is 3.02. The van der Waals surface area contributed by atoms with Crippen molar-refractivity contribution in [3.8, 4) is 17.2 Å². The van der Waals surface area contributed by atoms with Crippen molar-refractivity contribution >= 4 is 29.4 Å². The first-order chi connectivity index (χ1) is 15.2. The highest BCUT2D eigenvalue weighted by molar-refractivity contribution is 6.31. The molecule has 1 aliphatic heterocycles. The number of carbonyl (C=O) groups excluding carboxylic acids is 1. The van der Waals surface area contributed by atoms with Gasteiger partial charge in [-0.15, -0.1) is 0 Å². The number of carbonyl (C=O) groups is 1. The maximum atomic E-state index is 12.0.